The lowest BCUT2D eigenvalue weighted by Crippen LogP contribution is -2.34. The number of nitrogens with zero attached hydrogens (tertiary/aromatic N) is 1. The van der Waals surface area contributed by atoms with Gasteiger partial charge in [-0.25, -0.2) is 0 Å². The number of nitrogens with two attached hydrogens (primary N) is 1. The van der Waals surface area contributed by atoms with E-state index in [1.807, 2.05) is 0 Å². The zero-order valence-electron chi connectivity index (χ0n) is 8.55. The van der Waals surface area contributed by atoms with Crippen molar-refractivity contribution in [3.63, 3.8) is 0 Å². The summed E-state index contributed by atoms with van der Waals surface area (Å²) in [5.74, 6) is 0.582. The van der Waals surface area contributed by atoms with Gasteiger partial charge in [-0.05, 0) is 12.8 Å². The van der Waals surface area contributed by atoms with Crippen molar-refractivity contribution in [2.45, 2.75) is 32.2 Å². The van der Waals surface area contributed by atoms with Crippen LogP contribution in [0, 0.1) is 0 Å². The molecule has 0 spiro atoms. The highest BCUT2D eigenvalue weighted by Crippen LogP contribution is 2.05. The van der Waals surface area contributed by atoms with Crippen LogP contribution in [0.4, 0.5) is 0 Å². The molecule has 0 aromatic rings. The van der Waals surface area contributed by atoms with Gasteiger partial charge in [0.15, 0.2) is 5.96 Å². The Balaban J connectivity index is 2.20. The smallest absolute Gasteiger partial charge is 0.220 e. The standard InChI is InChI=1S/C9H18N4O/c1-2-5-11-9(10)12-6-7-3-4-8(14)13-7/h7H,2-6H2,1H3,(H,13,14)(H3,10,11,12). The van der Waals surface area contributed by atoms with Crippen molar-refractivity contribution >= 4 is 11.9 Å². The Bertz CT molecular complexity index is 227. The maximum Gasteiger partial charge on any atom is 0.220 e. The van der Waals surface area contributed by atoms with Crippen LogP contribution in [0.5, 0.6) is 0 Å². The van der Waals surface area contributed by atoms with E-state index < -0.39 is 0 Å². The van der Waals surface area contributed by atoms with Gasteiger partial charge in [-0.2, -0.15) is 0 Å². The van der Waals surface area contributed by atoms with Gasteiger partial charge in [0.05, 0.1) is 6.54 Å². The van der Waals surface area contributed by atoms with E-state index in [1.165, 1.54) is 0 Å². The van der Waals surface area contributed by atoms with Gasteiger partial charge in [0, 0.05) is 19.0 Å². The van der Waals surface area contributed by atoms with E-state index in [-0.39, 0.29) is 11.9 Å². The zero-order chi connectivity index (χ0) is 10.4. The second-order valence-corrected chi connectivity index (χ2v) is 3.46. The first-order chi connectivity index (χ1) is 6.72. The Kier molecular flexibility index (Phi) is 4.22. The van der Waals surface area contributed by atoms with Crippen LogP contribution in [0.3, 0.4) is 0 Å². The van der Waals surface area contributed by atoms with Crippen molar-refractivity contribution in [3.05, 3.63) is 0 Å². The molecule has 1 atom stereocenters. The SMILES string of the molecule is CCCNC(N)=NCC1CCC(=O)N1. The number of carbonyl (C=O) groups is 1. The van der Waals surface area contributed by atoms with E-state index in [0.29, 0.717) is 18.9 Å². The topological polar surface area (TPSA) is 79.5 Å². The fraction of sp³-hybridized carbons (Fsp3) is 0.778. The second kappa shape index (κ2) is 5.47. The van der Waals surface area contributed by atoms with Gasteiger partial charge in [0.25, 0.3) is 0 Å². The van der Waals surface area contributed by atoms with Gasteiger partial charge in [0.1, 0.15) is 0 Å². The first-order valence-corrected chi connectivity index (χ1v) is 5.05. The van der Waals surface area contributed by atoms with Gasteiger partial charge in [-0.15, -0.1) is 0 Å². The third kappa shape index (κ3) is 3.64. The molecule has 1 aliphatic rings. The molecule has 1 amide bonds. The highest BCUT2D eigenvalue weighted by molar-refractivity contribution is 5.79. The Morgan fingerprint density at radius 1 is 1.79 bits per heavy atom. The van der Waals surface area contributed by atoms with Crippen molar-refractivity contribution in [1.82, 2.24) is 10.6 Å². The van der Waals surface area contributed by atoms with Crippen LogP contribution in [-0.2, 0) is 4.79 Å². The van der Waals surface area contributed by atoms with E-state index in [4.69, 9.17) is 5.73 Å². The number of aliphatic imine (C=N–C) groups is 1. The zero-order valence-corrected chi connectivity index (χ0v) is 8.55. The lowest BCUT2D eigenvalue weighted by Gasteiger charge is -2.07. The first-order valence-electron chi connectivity index (χ1n) is 5.05. The average molecular weight is 198 g/mol. The normalized spacial score (nSPS) is 22.2. The molecule has 0 bridgehead atoms. The van der Waals surface area contributed by atoms with Crippen molar-refractivity contribution in [2.24, 2.45) is 10.7 Å². The minimum Gasteiger partial charge on any atom is -0.370 e. The summed E-state index contributed by atoms with van der Waals surface area (Å²) in [6.45, 7) is 3.48. The molecule has 1 aliphatic heterocycles. The van der Waals surface area contributed by atoms with Gasteiger partial charge in [0.2, 0.25) is 5.91 Å². The highest BCUT2D eigenvalue weighted by Gasteiger charge is 2.19. The number of hydrogen-bond donors (Lipinski definition) is 3. The molecule has 0 aromatic carbocycles. The predicted molar refractivity (Wildman–Crippen MR) is 55.9 cm³/mol. The molecule has 0 radical (unpaired) electrons. The lowest BCUT2D eigenvalue weighted by atomic mass is 10.2. The van der Waals surface area contributed by atoms with Crippen molar-refractivity contribution < 1.29 is 4.79 Å². The maximum atomic E-state index is 10.9. The van der Waals surface area contributed by atoms with Crippen LogP contribution >= 0.6 is 0 Å². The molecule has 1 saturated heterocycles. The van der Waals surface area contributed by atoms with Gasteiger partial charge in [-0.1, -0.05) is 6.92 Å². The molecule has 1 rings (SSSR count). The van der Waals surface area contributed by atoms with E-state index in [1.54, 1.807) is 0 Å². The lowest BCUT2D eigenvalue weighted by molar-refractivity contribution is -0.119. The van der Waals surface area contributed by atoms with Crippen LogP contribution in [0.1, 0.15) is 26.2 Å². The van der Waals surface area contributed by atoms with Crippen LogP contribution in [0.25, 0.3) is 0 Å². The Hall–Kier alpha value is -1.26. The van der Waals surface area contributed by atoms with Crippen molar-refractivity contribution in [3.8, 4) is 0 Å². The molecule has 1 heterocycles. The molecule has 5 heteroatoms. The van der Waals surface area contributed by atoms with Crippen LogP contribution in [0.2, 0.25) is 0 Å². The van der Waals surface area contributed by atoms with Crippen LogP contribution in [-0.4, -0.2) is 31.0 Å². The number of hydrogen-bond acceptors (Lipinski definition) is 2. The molecule has 14 heavy (non-hydrogen) atoms. The van der Waals surface area contributed by atoms with E-state index in [2.05, 4.69) is 22.5 Å². The Labute approximate surface area is 84.1 Å². The summed E-state index contributed by atoms with van der Waals surface area (Å²) < 4.78 is 0. The van der Waals surface area contributed by atoms with Gasteiger partial charge >= 0.3 is 0 Å². The van der Waals surface area contributed by atoms with Gasteiger partial charge < -0.3 is 16.4 Å². The van der Waals surface area contributed by atoms with Crippen LogP contribution in [0.15, 0.2) is 4.99 Å². The molecule has 0 aliphatic carbocycles. The molecule has 4 N–H and O–H groups in total. The summed E-state index contributed by atoms with van der Waals surface area (Å²) >= 11 is 0. The molecule has 5 nitrogen and oxygen atoms in total. The summed E-state index contributed by atoms with van der Waals surface area (Å²) in [7, 11) is 0. The van der Waals surface area contributed by atoms with Crippen molar-refractivity contribution in [1.29, 1.82) is 0 Å². The average Bonchev–Trinajstić information content (AvgIpc) is 2.58. The van der Waals surface area contributed by atoms with Crippen molar-refractivity contribution in [2.75, 3.05) is 13.1 Å². The summed E-state index contributed by atoms with van der Waals surface area (Å²) in [6, 6.07) is 0.171. The second-order valence-electron chi connectivity index (χ2n) is 3.46. The third-order valence-corrected chi connectivity index (χ3v) is 2.12. The molecule has 0 saturated carbocycles. The minimum atomic E-state index is 0.116. The fourth-order valence-electron chi connectivity index (χ4n) is 1.33. The molecule has 80 valence electrons. The number of nitrogens with one attached hydrogen (secondary N) is 2. The Morgan fingerprint density at radius 3 is 3.14 bits per heavy atom. The summed E-state index contributed by atoms with van der Waals surface area (Å²) in [4.78, 5) is 15.0. The van der Waals surface area contributed by atoms with Crippen LogP contribution < -0.4 is 16.4 Å². The monoisotopic (exact) mass is 198 g/mol. The largest absolute Gasteiger partial charge is 0.370 e. The third-order valence-electron chi connectivity index (χ3n) is 2.12. The number of rotatable bonds is 4. The number of amides is 1. The Morgan fingerprint density at radius 2 is 2.57 bits per heavy atom. The molecule has 1 fully saturated rings. The maximum absolute atomic E-state index is 10.9. The van der Waals surface area contributed by atoms with E-state index in [9.17, 15) is 4.79 Å². The summed E-state index contributed by atoms with van der Waals surface area (Å²) in [5.41, 5.74) is 5.60. The summed E-state index contributed by atoms with van der Waals surface area (Å²) in [5, 5.41) is 5.82. The fourth-order valence-corrected chi connectivity index (χ4v) is 1.33. The predicted octanol–water partition coefficient (Wildman–Crippen LogP) is -0.421. The molecule has 0 aromatic heterocycles. The molecule has 1 unspecified atom stereocenters. The van der Waals surface area contributed by atoms with E-state index in [0.717, 1.165) is 19.4 Å². The molecular weight excluding hydrogens is 180 g/mol. The number of carbonyl (C=O) groups excluding carboxylic acids is 1. The summed E-state index contributed by atoms with van der Waals surface area (Å²) in [6.07, 6.45) is 2.50. The van der Waals surface area contributed by atoms with E-state index >= 15 is 0 Å². The number of guanidine groups is 1. The van der Waals surface area contributed by atoms with Gasteiger partial charge in [-0.3, -0.25) is 9.79 Å². The quantitative estimate of drug-likeness (QED) is 0.424. The highest BCUT2D eigenvalue weighted by atomic mass is 16.1. The minimum absolute atomic E-state index is 0.116. The molecular formula is C9H18N4O. The first kappa shape index (κ1) is 10.8.